The van der Waals surface area contributed by atoms with Gasteiger partial charge in [0.25, 0.3) is 0 Å². The second kappa shape index (κ2) is 4.66. The molecule has 2 rings (SSSR count). The van der Waals surface area contributed by atoms with E-state index < -0.39 is 0 Å². The summed E-state index contributed by atoms with van der Waals surface area (Å²) in [4.78, 5) is 14.9. The van der Waals surface area contributed by atoms with Gasteiger partial charge in [-0.05, 0) is 40.9 Å². The van der Waals surface area contributed by atoms with E-state index in [2.05, 4.69) is 22.0 Å². The number of halogens is 1. The summed E-state index contributed by atoms with van der Waals surface area (Å²) in [5.74, 6) is 0.615. The quantitative estimate of drug-likeness (QED) is 0.836. The van der Waals surface area contributed by atoms with Gasteiger partial charge in [0.05, 0.1) is 10.3 Å². The largest absolute Gasteiger partial charge is 0.340 e. The predicted octanol–water partition coefficient (Wildman–Crippen LogP) is 3.27. The lowest BCUT2D eigenvalue weighted by Gasteiger charge is -2.28. The van der Waals surface area contributed by atoms with Gasteiger partial charge in [0.1, 0.15) is 0 Å². The van der Waals surface area contributed by atoms with Crippen molar-refractivity contribution in [2.24, 2.45) is 5.92 Å². The van der Waals surface area contributed by atoms with Crippen molar-refractivity contribution in [2.75, 3.05) is 7.05 Å². The number of amides is 1. The van der Waals surface area contributed by atoms with Gasteiger partial charge in [-0.25, -0.2) is 0 Å². The molecular weight excluding hydrogens is 274 g/mol. The van der Waals surface area contributed by atoms with E-state index in [1.54, 1.807) is 11.3 Å². The molecule has 0 saturated heterocycles. The molecule has 0 bridgehead atoms. The lowest BCUT2D eigenvalue weighted by molar-refractivity contribution is -0.137. The number of nitrogens with zero attached hydrogens (tertiary/aromatic N) is 1. The molecule has 15 heavy (non-hydrogen) atoms. The maximum Gasteiger partial charge on any atom is 0.225 e. The average Bonchev–Trinajstić information content (AvgIpc) is 2.48. The van der Waals surface area contributed by atoms with Crippen LogP contribution in [-0.4, -0.2) is 17.9 Å². The van der Waals surface area contributed by atoms with Crippen LogP contribution in [0.1, 0.15) is 24.1 Å². The van der Waals surface area contributed by atoms with Gasteiger partial charge in [0, 0.05) is 17.8 Å². The van der Waals surface area contributed by atoms with Crippen LogP contribution >= 0.6 is 27.3 Å². The molecule has 1 aromatic rings. The SMILES string of the molecule is CN(Cc1ccc(Br)s1)C(=O)C1CCC1. The van der Waals surface area contributed by atoms with Gasteiger partial charge in [0.15, 0.2) is 0 Å². The molecule has 1 aromatic heterocycles. The Balaban J connectivity index is 1.91. The number of hydrogen-bond acceptors (Lipinski definition) is 2. The van der Waals surface area contributed by atoms with E-state index in [1.165, 1.54) is 11.3 Å². The van der Waals surface area contributed by atoms with Crippen LogP contribution in [0.3, 0.4) is 0 Å². The van der Waals surface area contributed by atoms with E-state index in [0.717, 1.165) is 23.2 Å². The van der Waals surface area contributed by atoms with Gasteiger partial charge in [0.2, 0.25) is 5.91 Å². The normalized spacial score (nSPS) is 16.1. The van der Waals surface area contributed by atoms with Gasteiger partial charge in [-0.1, -0.05) is 6.42 Å². The first-order valence-electron chi connectivity index (χ1n) is 5.16. The number of rotatable bonds is 3. The zero-order valence-electron chi connectivity index (χ0n) is 8.70. The van der Waals surface area contributed by atoms with Gasteiger partial charge < -0.3 is 4.90 Å². The smallest absolute Gasteiger partial charge is 0.225 e. The van der Waals surface area contributed by atoms with Crippen molar-refractivity contribution in [3.05, 3.63) is 20.8 Å². The third-order valence-electron chi connectivity index (χ3n) is 2.85. The van der Waals surface area contributed by atoms with Crippen LogP contribution in [0.15, 0.2) is 15.9 Å². The Bertz CT molecular complexity index is 359. The minimum Gasteiger partial charge on any atom is -0.340 e. The van der Waals surface area contributed by atoms with E-state index in [4.69, 9.17) is 0 Å². The summed E-state index contributed by atoms with van der Waals surface area (Å²) < 4.78 is 1.13. The van der Waals surface area contributed by atoms with Crippen LogP contribution in [0.4, 0.5) is 0 Å². The molecule has 0 radical (unpaired) electrons. The van der Waals surface area contributed by atoms with Gasteiger partial charge in [-0.15, -0.1) is 11.3 Å². The molecule has 2 nitrogen and oxygen atoms in total. The van der Waals surface area contributed by atoms with E-state index in [9.17, 15) is 4.79 Å². The Hall–Kier alpha value is -0.350. The Kier molecular flexibility index (Phi) is 3.46. The molecule has 1 aliphatic rings. The molecule has 0 aromatic carbocycles. The highest BCUT2D eigenvalue weighted by atomic mass is 79.9. The fourth-order valence-corrected chi connectivity index (χ4v) is 3.25. The fraction of sp³-hybridized carbons (Fsp3) is 0.545. The highest BCUT2D eigenvalue weighted by molar-refractivity contribution is 9.11. The molecule has 82 valence electrons. The van der Waals surface area contributed by atoms with Crippen LogP contribution in [0.2, 0.25) is 0 Å². The van der Waals surface area contributed by atoms with Crippen LogP contribution in [0.5, 0.6) is 0 Å². The fourth-order valence-electron chi connectivity index (χ4n) is 1.72. The van der Waals surface area contributed by atoms with Crippen molar-refractivity contribution in [1.29, 1.82) is 0 Å². The van der Waals surface area contributed by atoms with Gasteiger partial charge in [-0.3, -0.25) is 4.79 Å². The summed E-state index contributed by atoms with van der Waals surface area (Å²) >= 11 is 5.12. The molecule has 1 aliphatic carbocycles. The zero-order chi connectivity index (χ0) is 10.8. The van der Waals surface area contributed by atoms with Crippen molar-refractivity contribution in [2.45, 2.75) is 25.8 Å². The van der Waals surface area contributed by atoms with Crippen molar-refractivity contribution in [3.63, 3.8) is 0 Å². The minimum absolute atomic E-state index is 0.304. The summed E-state index contributed by atoms with van der Waals surface area (Å²) in [6.07, 6.45) is 3.38. The van der Waals surface area contributed by atoms with Crippen LogP contribution in [0, 0.1) is 5.92 Å². The molecule has 0 aliphatic heterocycles. The molecule has 0 unspecified atom stereocenters. The van der Waals surface area contributed by atoms with Gasteiger partial charge >= 0.3 is 0 Å². The Morgan fingerprint density at radius 1 is 1.60 bits per heavy atom. The molecule has 0 N–H and O–H groups in total. The Labute approximate surface area is 102 Å². The molecular formula is C11H14BrNOS. The lowest BCUT2D eigenvalue weighted by atomic mass is 9.84. The highest BCUT2D eigenvalue weighted by Gasteiger charge is 2.27. The average molecular weight is 288 g/mol. The molecule has 0 atom stereocenters. The second-order valence-corrected chi connectivity index (χ2v) is 6.58. The first-order valence-corrected chi connectivity index (χ1v) is 6.77. The molecule has 1 heterocycles. The van der Waals surface area contributed by atoms with Crippen molar-refractivity contribution in [1.82, 2.24) is 4.90 Å². The predicted molar refractivity (Wildman–Crippen MR) is 65.8 cm³/mol. The number of carbonyl (C=O) groups excluding carboxylic acids is 1. The topological polar surface area (TPSA) is 20.3 Å². The van der Waals surface area contributed by atoms with Crippen molar-refractivity contribution < 1.29 is 4.79 Å². The zero-order valence-corrected chi connectivity index (χ0v) is 11.1. The number of thiophene rings is 1. The molecule has 4 heteroatoms. The van der Waals surface area contributed by atoms with Crippen LogP contribution in [0.25, 0.3) is 0 Å². The summed E-state index contributed by atoms with van der Waals surface area (Å²) in [7, 11) is 1.90. The van der Waals surface area contributed by atoms with E-state index in [-0.39, 0.29) is 0 Å². The summed E-state index contributed by atoms with van der Waals surface area (Å²) in [6.45, 7) is 0.742. The van der Waals surface area contributed by atoms with Crippen molar-refractivity contribution in [3.8, 4) is 0 Å². The van der Waals surface area contributed by atoms with Crippen molar-refractivity contribution >= 4 is 33.2 Å². The standard InChI is InChI=1S/C11H14BrNOS/c1-13(11(14)8-3-2-4-8)7-9-5-6-10(12)15-9/h5-6,8H,2-4,7H2,1H3. The first kappa shape index (κ1) is 11.1. The Morgan fingerprint density at radius 2 is 2.33 bits per heavy atom. The van der Waals surface area contributed by atoms with E-state index in [1.807, 2.05) is 18.0 Å². The van der Waals surface area contributed by atoms with E-state index >= 15 is 0 Å². The third-order valence-corrected chi connectivity index (χ3v) is 4.46. The molecule has 1 saturated carbocycles. The first-order chi connectivity index (χ1) is 7.16. The minimum atomic E-state index is 0.304. The monoisotopic (exact) mass is 287 g/mol. The number of hydrogen-bond donors (Lipinski definition) is 0. The maximum atomic E-state index is 11.9. The van der Waals surface area contributed by atoms with E-state index in [0.29, 0.717) is 11.8 Å². The Morgan fingerprint density at radius 3 is 2.80 bits per heavy atom. The second-order valence-electron chi connectivity index (χ2n) is 4.03. The highest BCUT2D eigenvalue weighted by Crippen LogP contribution is 2.29. The summed E-state index contributed by atoms with van der Waals surface area (Å²) in [6, 6.07) is 4.10. The summed E-state index contributed by atoms with van der Waals surface area (Å²) in [5, 5.41) is 0. The molecule has 1 fully saturated rings. The summed E-state index contributed by atoms with van der Waals surface area (Å²) in [5.41, 5.74) is 0. The molecule has 1 amide bonds. The molecule has 0 spiro atoms. The lowest BCUT2D eigenvalue weighted by Crippen LogP contribution is -2.35. The third kappa shape index (κ3) is 2.61. The number of carbonyl (C=O) groups is 1. The maximum absolute atomic E-state index is 11.9. The van der Waals surface area contributed by atoms with Crippen LogP contribution < -0.4 is 0 Å². The van der Waals surface area contributed by atoms with Crippen LogP contribution in [-0.2, 0) is 11.3 Å². The van der Waals surface area contributed by atoms with Gasteiger partial charge in [-0.2, -0.15) is 0 Å².